The molecule has 23 heavy (non-hydrogen) atoms. The minimum absolute atomic E-state index is 0.351. The van der Waals surface area contributed by atoms with Crippen molar-refractivity contribution in [2.45, 2.75) is 91.4 Å². The van der Waals surface area contributed by atoms with Gasteiger partial charge in [0.15, 0.2) is 0 Å². The van der Waals surface area contributed by atoms with Crippen molar-refractivity contribution in [3.8, 4) is 0 Å². The summed E-state index contributed by atoms with van der Waals surface area (Å²) in [5.74, 6) is 0. The summed E-state index contributed by atoms with van der Waals surface area (Å²) >= 11 is 0. The van der Waals surface area contributed by atoms with Crippen LogP contribution in [0.2, 0.25) is 0 Å². The van der Waals surface area contributed by atoms with Gasteiger partial charge in [0, 0.05) is 0 Å². The van der Waals surface area contributed by atoms with E-state index in [1.807, 2.05) is 0 Å². The fraction of sp³-hybridized carbons (Fsp3) is 1.00. The molecule has 7 heteroatoms. The van der Waals surface area contributed by atoms with Crippen molar-refractivity contribution in [1.29, 1.82) is 0 Å². The van der Waals surface area contributed by atoms with Crippen molar-refractivity contribution < 1.29 is 22.5 Å². The summed E-state index contributed by atoms with van der Waals surface area (Å²) in [6, 6.07) is 0. The zero-order valence-electron chi connectivity index (χ0n) is 15.7. The highest BCUT2D eigenvalue weighted by molar-refractivity contribution is 7.67. The van der Waals surface area contributed by atoms with Crippen LogP contribution in [0, 0.1) is 0 Å². The SMILES string of the molecule is CCCCCOP(=O)(OP(=O)(OCCCCC)C(C)C)C(C)C. The van der Waals surface area contributed by atoms with E-state index in [0.717, 1.165) is 38.5 Å². The molecule has 0 radical (unpaired) electrons. The molecule has 0 rings (SSSR count). The molecule has 0 saturated heterocycles. The Morgan fingerprint density at radius 2 is 1.04 bits per heavy atom. The lowest BCUT2D eigenvalue weighted by atomic mass is 10.3. The van der Waals surface area contributed by atoms with Crippen LogP contribution < -0.4 is 0 Å². The zero-order chi connectivity index (χ0) is 17.9. The van der Waals surface area contributed by atoms with Crippen molar-refractivity contribution in [3.05, 3.63) is 0 Å². The van der Waals surface area contributed by atoms with Gasteiger partial charge in [0.05, 0.1) is 24.5 Å². The van der Waals surface area contributed by atoms with Gasteiger partial charge in [-0.2, -0.15) is 0 Å². The smallest absolute Gasteiger partial charge is 0.308 e. The molecular formula is C16H36O5P2. The van der Waals surface area contributed by atoms with Gasteiger partial charge in [0.2, 0.25) is 0 Å². The van der Waals surface area contributed by atoms with E-state index in [1.165, 1.54) is 0 Å². The zero-order valence-corrected chi connectivity index (χ0v) is 17.5. The molecule has 0 aromatic rings. The molecule has 0 aliphatic rings. The topological polar surface area (TPSA) is 61.8 Å². The van der Waals surface area contributed by atoms with Crippen LogP contribution in [0.25, 0.3) is 0 Å². The van der Waals surface area contributed by atoms with E-state index in [4.69, 9.17) is 13.4 Å². The molecule has 0 saturated carbocycles. The quantitative estimate of drug-likeness (QED) is 0.254. The Morgan fingerprint density at radius 1 is 0.696 bits per heavy atom. The Hall–Kier alpha value is 0.340. The van der Waals surface area contributed by atoms with E-state index in [9.17, 15) is 9.13 Å². The van der Waals surface area contributed by atoms with Crippen LogP contribution in [-0.2, 0) is 22.5 Å². The number of hydrogen-bond acceptors (Lipinski definition) is 5. The third kappa shape index (κ3) is 8.84. The monoisotopic (exact) mass is 370 g/mol. The van der Waals surface area contributed by atoms with Gasteiger partial charge in [-0.1, -0.05) is 67.2 Å². The van der Waals surface area contributed by atoms with Gasteiger partial charge in [0.1, 0.15) is 0 Å². The Labute approximate surface area is 142 Å². The van der Waals surface area contributed by atoms with Crippen LogP contribution in [0.5, 0.6) is 0 Å². The van der Waals surface area contributed by atoms with Crippen LogP contribution in [0.3, 0.4) is 0 Å². The first-order chi connectivity index (χ1) is 10.7. The number of unbranched alkanes of at least 4 members (excludes halogenated alkanes) is 4. The summed E-state index contributed by atoms with van der Waals surface area (Å²) in [5.41, 5.74) is -0.703. The molecule has 0 aliphatic carbocycles. The molecule has 0 heterocycles. The molecule has 0 aromatic carbocycles. The maximum absolute atomic E-state index is 13.0. The fourth-order valence-corrected chi connectivity index (χ4v) is 6.30. The van der Waals surface area contributed by atoms with E-state index in [2.05, 4.69) is 13.8 Å². The molecule has 0 aromatic heterocycles. The maximum Gasteiger partial charge on any atom is 0.340 e. The largest absolute Gasteiger partial charge is 0.340 e. The van der Waals surface area contributed by atoms with Gasteiger partial charge in [-0.25, -0.2) is 4.31 Å². The van der Waals surface area contributed by atoms with E-state index >= 15 is 0 Å². The first kappa shape index (κ1) is 23.3. The van der Waals surface area contributed by atoms with Gasteiger partial charge in [0.25, 0.3) is 0 Å². The van der Waals surface area contributed by atoms with Crippen molar-refractivity contribution in [2.24, 2.45) is 0 Å². The summed E-state index contributed by atoms with van der Waals surface area (Å²) < 4.78 is 42.6. The van der Waals surface area contributed by atoms with Crippen LogP contribution in [0.4, 0.5) is 0 Å². The normalized spacial score (nSPS) is 17.4. The Morgan fingerprint density at radius 3 is 1.30 bits per heavy atom. The lowest BCUT2D eigenvalue weighted by molar-refractivity contribution is 0.214. The summed E-state index contributed by atoms with van der Waals surface area (Å²) in [6.45, 7) is 12.0. The van der Waals surface area contributed by atoms with Crippen LogP contribution in [0.15, 0.2) is 0 Å². The Balaban J connectivity index is 4.87. The minimum Gasteiger partial charge on any atom is -0.308 e. The first-order valence-corrected chi connectivity index (χ1v) is 12.1. The van der Waals surface area contributed by atoms with Crippen LogP contribution in [-0.4, -0.2) is 24.5 Å². The third-order valence-electron chi connectivity index (χ3n) is 3.53. The van der Waals surface area contributed by atoms with Crippen molar-refractivity contribution in [1.82, 2.24) is 0 Å². The van der Waals surface area contributed by atoms with Crippen molar-refractivity contribution >= 4 is 15.2 Å². The second kappa shape index (κ2) is 11.8. The standard InChI is InChI=1S/C16H36O5P2/c1-7-9-11-13-19-22(17,15(3)4)21-23(18,16(5)6)20-14-12-10-8-2/h15-16H,7-14H2,1-6H3. The van der Waals surface area contributed by atoms with Gasteiger partial charge < -0.3 is 9.05 Å². The van der Waals surface area contributed by atoms with E-state index < -0.39 is 15.2 Å². The second-order valence-electron chi connectivity index (χ2n) is 6.43. The summed E-state index contributed by atoms with van der Waals surface area (Å²) in [4.78, 5) is 0. The molecule has 0 spiro atoms. The molecule has 0 amide bonds. The molecule has 140 valence electrons. The summed E-state index contributed by atoms with van der Waals surface area (Å²) in [5, 5.41) is 0. The van der Waals surface area contributed by atoms with Gasteiger partial charge in [-0.15, -0.1) is 0 Å². The predicted octanol–water partition coefficient (Wildman–Crippen LogP) is 6.62. The maximum atomic E-state index is 13.0. The van der Waals surface area contributed by atoms with E-state index in [1.54, 1.807) is 27.7 Å². The van der Waals surface area contributed by atoms with Gasteiger partial charge in [-0.3, -0.25) is 9.13 Å². The van der Waals surface area contributed by atoms with Crippen molar-refractivity contribution in [3.63, 3.8) is 0 Å². The van der Waals surface area contributed by atoms with Crippen molar-refractivity contribution in [2.75, 3.05) is 13.2 Å². The van der Waals surface area contributed by atoms with E-state index in [-0.39, 0.29) is 11.3 Å². The molecular weight excluding hydrogens is 334 g/mol. The average molecular weight is 370 g/mol. The summed E-state index contributed by atoms with van der Waals surface area (Å²) in [6.07, 6.45) is 5.77. The lowest BCUT2D eigenvalue weighted by Crippen LogP contribution is -2.11. The highest BCUT2D eigenvalue weighted by Gasteiger charge is 2.41. The minimum atomic E-state index is -3.45. The van der Waals surface area contributed by atoms with Gasteiger partial charge in [-0.05, 0) is 12.8 Å². The molecule has 2 unspecified atom stereocenters. The lowest BCUT2D eigenvalue weighted by Gasteiger charge is -2.28. The highest BCUT2D eigenvalue weighted by Crippen LogP contribution is 2.68. The third-order valence-corrected chi connectivity index (χ3v) is 8.97. The second-order valence-corrected chi connectivity index (χ2v) is 11.8. The van der Waals surface area contributed by atoms with Crippen LogP contribution >= 0.6 is 15.2 Å². The first-order valence-electron chi connectivity index (χ1n) is 8.91. The molecule has 0 bridgehead atoms. The van der Waals surface area contributed by atoms with Gasteiger partial charge >= 0.3 is 15.2 Å². The number of rotatable bonds is 14. The number of hydrogen-bond donors (Lipinski definition) is 0. The van der Waals surface area contributed by atoms with E-state index in [0.29, 0.717) is 13.2 Å². The molecule has 0 fully saturated rings. The average Bonchev–Trinajstić information content (AvgIpc) is 2.48. The predicted molar refractivity (Wildman–Crippen MR) is 97.5 cm³/mol. The highest BCUT2D eigenvalue weighted by atomic mass is 31.3. The molecule has 0 aliphatic heterocycles. The van der Waals surface area contributed by atoms with Crippen LogP contribution in [0.1, 0.15) is 80.1 Å². The Kier molecular flexibility index (Phi) is 12.0. The fourth-order valence-electron chi connectivity index (χ4n) is 1.78. The molecule has 0 N–H and O–H groups in total. The summed E-state index contributed by atoms with van der Waals surface area (Å²) in [7, 11) is -6.90. The Bertz CT molecular complexity index is 360. The molecule has 2 atom stereocenters. The molecule has 5 nitrogen and oxygen atoms in total.